The number of carbonyl (C=O) groups is 2. The van der Waals surface area contributed by atoms with Crippen molar-refractivity contribution in [3.63, 3.8) is 0 Å². The van der Waals surface area contributed by atoms with Crippen LogP contribution in [-0.4, -0.2) is 47.0 Å². The molecular weight excluding hydrogens is 298 g/mol. The molecule has 21 heavy (non-hydrogen) atoms. The summed E-state index contributed by atoms with van der Waals surface area (Å²) in [6.45, 7) is 3.38. The van der Waals surface area contributed by atoms with Crippen molar-refractivity contribution in [1.82, 2.24) is 0 Å². The first kappa shape index (κ1) is 17.4. The predicted molar refractivity (Wildman–Crippen MR) is 79.0 cm³/mol. The van der Waals surface area contributed by atoms with Gasteiger partial charge in [-0.25, -0.2) is 9.18 Å². The smallest absolute Gasteiger partial charge is 0.462 e. The Hall–Kier alpha value is -1.64. The monoisotopic (exact) mass is 312 g/mol. The molecule has 0 atom stereocenters. The summed E-state index contributed by atoms with van der Waals surface area (Å²) >= 11 is 1.20. The Balaban J connectivity index is 2.45. The van der Waals surface area contributed by atoms with E-state index in [1.807, 2.05) is 0 Å². The lowest BCUT2D eigenvalue weighted by molar-refractivity contribution is -0.137. The normalized spacial score (nSPS) is 10.0. The van der Waals surface area contributed by atoms with Gasteiger partial charge < -0.3 is 14.8 Å². The zero-order chi connectivity index (χ0) is 15.8. The first-order valence-corrected chi connectivity index (χ1v) is 7.17. The van der Waals surface area contributed by atoms with Crippen LogP contribution in [0, 0.1) is 5.82 Å². The summed E-state index contributed by atoms with van der Waals surface area (Å²) in [4.78, 5) is 22.5. The molecule has 0 saturated carbocycles. The van der Waals surface area contributed by atoms with Crippen LogP contribution in [0.2, 0.25) is 0 Å². The van der Waals surface area contributed by atoms with Gasteiger partial charge in [0.15, 0.2) is 5.78 Å². The van der Waals surface area contributed by atoms with Gasteiger partial charge in [-0.3, -0.25) is 4.79 Å². The molecule has 0 aliphatic rings. The molecule has 0 radical (unpaired) electrons. The summed E-state index contributed by atoms with van der Waals surface area (Å²) in [7, 11) is -1.78. The number of hydrogen-bond acceptors (Lipinski definition) is 6. The van der Waals surface area contributed by atoms with E-state index < -0.39 is 24.7 Å². The van der Waals surface area contributed by atoms with Crippen LogP contribution in [0.1, 0.15) is 10.4 Å². The maximum Gasteiger partial charge on any atom is 0.488 e. The van der Waals surface area contributed by atoms with Crippen molar-refractivity contribution >= 4 is 36.1 Å². The van der Waals surface area contributed by atoms with E-state index in [0.29, 0.717) is 5.75 Å². The minimum absolute atomic E-state index is 0.0203. The highest BCUT2D eigenvalue weighted by Crippen LogP contribution is 2.11. The van der Waals surface area contributed by atoms with Crippen LogP contribution in [0.25, 0.3) is 0 Å². The van der Waals surface area contributed by atoms with Crippen LogP contribution < -0.4 is 5.46 Å². The van der Waals surface area contributed by atoms with Gasteiger partial charge in [-0.2, -0.15) is 11.8 Å². The van der Waals surface area contributed by atoms with E-state index in [9.17, 15) is 14.0 Å². The average molecular weight is 312 g/mol. The van der Waals surface area contributed by atoms with E-state index in [-0.39, 0.29) is 23.4 Å². The number of esters is 1. The fourth-order valence-electron chi connectivity index (χ4n) is 1.42. The SMILES string of the molecule is C=CC(=O)OCCSCC(=O)c1ccc(B(O)O)cc1F. The molecule has 0 bridgehead atoms. The number of ether oxygens (including phenoxy) is 1. The third kappa shape index (κ3) is 5.70. The van der Waals surface area contributed by atoms with Crippen LogP contribution in [0.3, 0.4) is 0 Å². The van der Waals surface area contributed by atoms with Crippen LogP contribution in [0.4, 0.5) is 4.39 Å². The zero-order valence-corrected chi connectivity index (χ0v) is 11.9. The van der Waals surface area contributed by atoms with Gasteiger partial charge in [0, 0.05) is 11.8 Å². The fourth-order valence-corrected chi connectivity index (χ4v) is 2.11. The van der Waals surface area contributed by atoms with Crippen LogP contribution in [0.15, 0.2) is 30.9 Å². The third-order valence-electron chi connectivity index (χ3n) is 2.46. The molecule has 0 aliphatic carbocycles. The molecule has 5 nitrogen and oxygen atoms in total. The standard InChI is InChI=1S/C13H14BFO5S/c1-2-13(17)20-5-6-21-8-12(16)10-4-3-9(14(18)19)7-11(10)15/h2-4,7,18-19H,1,5-6,8H2. The molecule has 2 N–H and O–H groups in total. The minimum Gasteiger partial charge on any atom is -0.462 e. The van der Waals surface area contributed by atoms with Gasteiger partial charge in [0.1, 0.15) is 12.4 Å². The molecule has 8 heteroatoms. The van der Waals surface area contributed by atoms with E-state index >= 15 is 0 Å². The Kier molecular flexibility index (Phi) is 7.14. The molecule has 1 rings (SSSR count). The van der Waals surface area contributed by atoms with Gasteiger partial charge in [0.2, 0.25) is 0 Å². The fraction of sp³-hybridized carbons (Fsp3) is 0.231. The molecule has 0 fully saturated rings. The van der Waals surface area contributed by atoms with Crippen molar-refractivity contribution in [2.45, 2.75) is 0 Å². The molecule has 0 aromatic heterocycles. The molecule has 1 aromatic rings. The summed E-state index contributed by atoms with van der Waals surface area (Å²) in [5, 5.41) is 17.8. The Bertz CT molecular complexity index is 535. The van der Waals surface area contributed by atoms with Gasteiger partial charge in [0.05, 0.1) is 11.3 Å². The van der Waals surface area contributed by atoms with Crippen molar-refractivity contribution in [1.29, 1.82) is 0 Å². The third-order valence-corrected chi connectivity index (χ3v) is 3.39. The summed E-state index contributed by atoms with van der Waals surface area (Å²) in [5.74, 6) is -1.33. The average Bonchev–Trinajstić information content (AvgIpc) is 2.46. The lowest BCUT2D eigenvalue weighted by atomic mass is 9.80. The van der Waals surface area contributed by atoms with Crippen molar-refractivity contribution in [3.05, 3.63) is 42.2 Å². The topological polar surface area (TPSA) is 83.8 Å². The van der Waals surface area contributed by atoms with Gasteiger partial charge >= 0.3 is 13.1 Å². The lowest BCUT2D eigenvalue weighted by Crippen LogP contribution is -2.30. The summed E-state index contributed by atoms with van der Waals surface area (Å²) < 4.78 is 18.4. The van der Waals surface area contributed by atoms with Crippen molar-refractivity contribution < 1.29 is 28.8 Å². The number of carbonyl (C=O) groups excluding carboxylic acids is 2. The largest absolute Gasteiger partial charge is 0.488 e. The first-order chi connectivity index (χ1) is 9.95. The highest BCUT2D eigenvalue weighted by Gasteiger charge is 2.17. The van der Waals surface area contributed by atoms with Crippen molar-refractivity contribution in [2.24, 2.45) is 0 Å². The maximum atomic E-state index is 13.7. The molecule has 0 aliphatic heterocycles. The summed E-state index contributed by atoms with van der Waals surface area (Å²) in [6, 6.07) is 3.40. The number of thioether (sulfide) groups is 1. The van der Waals surface area contributed by atoms with Crippen LogP contribution in [-0.2, 0) is 9.53 Å². The quantitative estimate of drug-likeness (QED) is 0.234. The lowest BCUT2D eigenvalue weighted by Gasteiger charge is -2.05. The van der Waals surface area contributed by atoms with E-state index in [0.717, 1.165) is 12.1 Å². The Labute approximate surface area is 126 Å². The molecule has 1 aromatic carbocycles. The number of benzene rings is 1. The zero-order valence-electron chi connectivity index (χ0n) is 11.1. The molecule has 0 unspecified atom stereocenters. The van der Waals surface area contributed by atoms with E-state index in [2.05, 4.69) is 6.58 Å². The number of ketones is 1. The maximum absolute atomic E-state index is 13.7. The van der Waals surface area contributed by atoms with Gasteiger partial charge in [-0.1, -0.05) is 12.6 Å². The van der Waals surface area contributed by atoms with Crippen molar-refractivity contribution in [3.8, 4) is 0 Å². The molecule has 0 saturated heterocycles. The van der Waals surface area contributed by atoms with E-state index in [1.165, 1.54) is 23.9 Å². The molecule has 0 spiro atoms. The highest BCUT2D eigenvalue weighted by atomic mass is 32.2. The number of halogens is 1. The van der Waals surface area contributed by atoms with Crippen molar-refractivity contribution in [2.75, 3.05) is 18.1 Å². The second-order valence-electron chi connectivity index (χ2n) is 3.96. The Morgan fingerprint density at radius 3 is 2.71 bits per heavy atom. The molecule has 112 valence electrons. The van der Waals surface area contributed by atoms with Gasteiger partial charge in [-0.05, 0) is 17.6 Å². The Morgan fingerprint density at radius 1 is 1.43 bits per heavy atom. The highest BCUT2D eigenvalue weighted by molar-refractivity contribution is 8.00. The summed E-state index contributed by atoms with van der Waals surface area (Å²) in [5.41, 5.74) is -0.136. The second-order valence-corrected chi connectivity index (χ2v) is 5.07. The van der Waals surface area contributed by atoms with Gasteiger partial charge in [0.25, 0.3) is 0 Å². The van der Waals surface area contributed by atoms with E-state index in [4.69, 9.17) is 14.8 Å². The molecule has 0 amide bonds. The summed E-state index contributed by atoms with van der Waals surface area (Å²) in [6.07, 6.45) is 1.04. The predicted octanol–water partition coefficient (Wildman–Crippen LogP) is 0.151. The molecule has 0 heterocycles. The van der Waals surface area contributed by atoms with Gasteiger partial charge in [-0.15, -0.1) is 0 Å². The molecular formula is C13H14BFO5S. The second kappa shape index (κ2) is 8.61. The number of rotatable bonds is 8. The van der Waals surface area contributed by atoms with Crippen LogP contribution in [0.5, 0.6) is 0 Å². The van der Waals surface area contributed by atoms with Crippen LogP contribution >= 0.6 is 11.8 Å². The Morgan fingerprint density at radius 2 is 2.14 bits per heavy atom. The number of Topliss-reactive ketones (excluding diaryl/α,β-unsaturated/α-hetero) is 1. The van der Waals surface area contributed by atoms with E-state index in [1.54, 1.807) is 0 Å². The first-order valence-electron chi connectivity index (χ1n) is 6.01. The minimum atomic E-state index is -1.78. The number of hydrogen-bond donors (Lipinski definition) is 2.